The highest BCUT2D eigenvalue weighted by Crippen LogP contribution is 2.04. The Bertz CT molecular complexity index is 136. The number of hydrogen-bond donors (Lipinski definition) is 0. The Balaban J connectivity index is 3.76. The van der Waals surface area contributed by atoms with Crippen LogP contribution in [0.2, 0.25) is 0 Å². The summed E-state index contributed by atoms with van der Waals surface area (Å²) in [5, 5.41) is 0. The Morgan fingerprint density at radius 2 is 2.17 bits per heavy atom. The monoisotopic (exact) mass is 173 g/mol. The van der Waals surface area contributed by atoms with Crippen LogP contribution in [-0.4, -0.2) is 38.1 Å². The molecular weight excluding hydrogens is 154 g/mol. The fourth-order valence-electron chi connectivity index (χ4n) is 1.05. The second-order valence-corrected chi connectivity index (χ2v) is 3.13. The van der Waals surface area contributed by atoms with Gasteiger partial charge in [0, 0.05) is 27.6 Å². The minimum Gasteiger partial charge on any atom is -0.384 e. The van der Waals surface area contributed by atoms with Crippen LogP contribution >= 0.6 is 0 Å². The summed E-state index contributed by atoms with van der Waals surface area (Å²) < 4.78 is 5.04. The predicted molar refractivity (Wildman–Crippen MR) is 49.0 cm³/mol. The van der Waals surface area contributed by atoms with E-state index < -0.39 is 0 Å². The molecule has 0 bridgehead atoms. The van der Waals surface area contributed by atoms with Crippen LogP contribution in [0.3, 0.4) is 0 Å². The van der Waals surface area contributed by atoms with E-state index in [2.05, 4.69) is 6.92 Å². The zero-order valence-electron chi connectivity index (χ0n) is 8.46. The number of nitrogens with zero attached hydrogens (tertiary/aromatic N) is 1. The molecule has 0 rings (SSSR count). The van der Waals surface area contributed by atoms with Gasteiger partial charge in [0.25, 0.3) is 0 Å². The Kier molecular flexibility index (Phi) is 5.72. The third kappa shape index (κ3) is 4.34. The molecule has 12 heavy (non-hydrogen) atoms. The van der Waals surface area contributed by atoms with Crippen LogP contribution in [0.15, 0.2) is 0 Å². The van der Waals surface area contributed by atoms with E-state index in [0.29, 0.717) is 5.92 Å². The molecule has 0 saturated heterocycles. The summed E-state index contributed by atoms with van der Waals surface area (Å²) in [6.45, 7) is 5.21. The Labute approximate surface area is 74.7 Å². The van der Waals surface area contributed by atoms with Gasteiger partial charge >= 0.3 is 0 Å². The lowest BCUT2D eigenvalue weighted by atomic mass is 10.1. The van der Waals surface area contributed by atoms with Crippen LogP contribution in [0, 0.1) is 5.92 Å². The van der Waals surface area contributed by atoms with E-state index in [1.54, 1.807) is 18.9 Å². The topological polar surface area (TPSA) is 29.5 Å². The lowest BCUT2D eigenvalue weighted by Gasteiger charge is -2.21. The van der Waals surface area contributed by atoms with E-state index in [4.69, 9.17) is 4.74 Å². The minimum atomic E-state index is 0.115. The molecule has 1 amide bonds. The van der Waals surface area contributed by atoms with Gasteiger partial charge in [-0.3, -0.25) is 4.79 Å². The van der Waals surface area contributed by atoms with Crippen molar-refractivity contribution >= 4 is 5.91 Å². The molecular formula is C9H19NO2. The first kappa shape index (κ1) is 11.4. The number of rotatable bonds is 5. The molecule has 0 saturated carbocycles. The number of carbonyl (C=O) groups is 1. The van der Waals surface area contributed by atoms with E-state index in [1.165, 1.54) is 0 Å². The number of methoxy groups -OCH3 is 1. The quantitative estimate of drug-likeness (QED) is 0.624. The third-order valence-corrected chi connectivity index (χ3v) is 2.05. The molecule has 0 aromatic heterocycles. The largest absolute Gasteiger partial charge is 0.384 e. The summed E-state index contributed by atoms with van der Waals surface area (Å²) in [5.41, 5.74) is 0. The average Bonchev–Trinajstić information content (AvgIpc) is 2.03. The van der Waals surface area contributed by atoms with E-state index in [9.17, 15) is 4.79 Å². The van der Waals surface area contributed by atoms with Gasteiger partial charge in [0.2, 0.25) is 5.91 Å². The van der Waals surface area contributed by atoms with Gasteiger partial charge in [0.15, 0.2) is 0 Å². The molecule has 1 unspecified atom stereocenters. The second kappa shape index (κ2) is 6.00. The molecule has 0 aliphatic carbocycles. The molecule has 0 spiro atoms. The highest BCUT2D eigenvalue weighted by Gasteiger charge is 2.10. The van der Waals surface area contributed by atoms with Gasteiger partial charge in [0.05, 0.1) is 6.61 Å². The molecule has 0 aromatic rings. The summed E-state index contributed by atoms with van der Waals surface area (Å²) in [5.74, 6) is 0.577. The van der Waals surface area contributed by atoms with E-state index in [-0.39, 0.29) is 5.91 Å². The van der Waals surface area contributed by atoms with Crippen molar-refractivity contribution in [1.29, 1.82) is 0 Å². The van der Waals surface area contributed by atoms with Crippen molar-refractivity contribution < 1.29 is 9.53 Å². The van der Waals surface area contributed by atoms with E-state index in [0.717, 1.165) is 19.6 Å². The van der Waals surface area contributed by atoms with Crippen molar-refractivity contribution in [3.05, 3.63) is 0 Å². The lowest BCUT2D eigenvalue weighted by molar-refractivity contribution is -0.128. The maximum Gasteiger partial charge on any atom is 0.219 e. The first-order valence-electron chi connectivity index (χ1n) is 4.32. The average molecular weight is 173 g/mol. The van der Waals surface area contributed by atoms with Gasteiger partial charge in [-0.15, -0.1) is 0 Å². The van der Waals surface area contributed by atoms with Crippen molar-refractivity contribution in [1.82, 2.24) is 4.90 Å². The summed E-state index contributed by atoms with van der Waals surface area (Å²) in [6.07, 6.45) is 1.05. The molecule has 0 aliphatic rings. The van der Waals surface area contributed by atoms with Crippen LogP contribution in [0.4, 0.5) is 0 Å². The summed E-state index contributed by atoms with van der Waals surface area (Å²) >= 11 is 0. The van der Waals surface area contributed by atoms with Gasteiger partial charge in [-0.25, -0.2) is 0 Å². The number of amides is 1. The third-order valence-electron chi connectivity index (χ3n) is 2.05. The van der Waals surface area contributed by atoms with Gasteiger partial charge in [-0.2, -0.15) is 0 Å². The first-order chi connectivity index (χ1) is 5.61. The fraction of sp³-hybridized carbons (Fsp3) is 0.889. The molecule has 0 aliphatic heterocycles. The first-order valence-corrected chi connectivity index (χ1v) is 4.32. The summed E-state index contributed by atoms with van der Waals surface area (Å²) in [4.78, 5) is 12.6. The summed E-state index contributed by atoms with van der Waals surface area (Å²) in [6, 6.07) is 0. The lowest BCUT2D eigenvalue weighted by Crippen LogP contribution is -2.31. The zero-order chi connectivity index (χ0) is 9.56. The minimum absolute atomic E-state index is 0.115. The molecule has 1 atom stereocenters. The van der Waals surface area contributed by atoms with Gasteiger partial charge < -0.3 is 9.64 Å². The van der Waals surface area contributed by atoms with Crippen LogP contribution < -0.4 is 0 Å². The van der Waals surface area contributed by atoms with Crippen molar-refractivity contribution in [3.8, 4) is 0 Å². The van der Waals surface area contributed by atoms with E-state index in [1.807, 2.05) is 7.05 Å². The highest BCUT2D eigenvalue weighted by atomic mass is 16.5. The SMILES string of the molecule is CCC(COC)CN(C)C(C)=O. The molecule has 0 N–H and O–H groups in total. The smallest absolute Gasteiger partial charge is 0.219 e. The second-order valence-electron chi connectivity index (χ2n) is 3.13. The van der Waals surface area contributed by atoms with E-state index >= 15 is 0 Å². The predicted octanol–water partition coefficient (Wildman–Crippen LogP) is 1.14. The van der Waals surface area contributed by atoms with Gasteiger partial charge in [0.1, 0.15) is 0 Å². The van der Waals surface area contributed by atoms with Crippen LogP contribution in [0.1, 0.15) is 20.3 Å². The van der Waals surface area contributed by atoms with Gasteiger partial charge in [-0.1, -0.05) is 6.92 Å². The Morgan fingerprint density at radius 1 is 1.58 bits per heavy atom. The van der Waals surface area contributed by atoms with Crippen molar-refractivity contribution in [3.63, 3.8) is 0 Å². The van der Waals surface area contributed by atoms with Crippen molar-refractivity contribution in [2.24, 2.45) is 5.92 Å². The van der Waals surface area contributed by atoms with Crippen molar-refractivity contribution in [2.45, 2.75) is 20.3 Å². The molecule has 0 radical (unpaired) electrons. The number of ether oxygens (including phenoxy) is 1. The Morgan fingerprint density at radius 3 is 2.50 bits per heavy atom. The van der Waals surface area contributed by atoms with Crippen LogP contribution in [0.5, 0.6) is 0 Å². The fourth-order valence-corrected chi connectivity index (χ4v) is 1.05. The standard InChI is InChI=1S/C9H19NO2/c1-5-9(7-12-4)6-10(3)8(2)11/h9H,5-7H2,1-4H3. The van der Waals surface area contributed by atoms with Crippen LogP contribution in [0.25, 0.3) is 0 Å². The molecule has 0 heterocycles. The van der Waals surface area contributed by atoms with Crippen LogP contribution in [-0.2, 0) is 9.53 Å². The highest BCUT2D eigenvalue weighted by molar-refractivity contribution is 5.72. The molecule has 3 heteroatoms. The normalized spacial score (nSPS) is 12.7. The molecule has 0 fully saturated rings. The molecule has 72 valence electrons. The Hall–Kier alpha value is -0.570. The zero-order valence-corrected chi connectivity index (χ0v) is 8.46. The maximum absolute atomic E-state index is 10.9. The summed E-state index contributed by atoms with van der Waals surface area (Å²) in [7, 11) is 3.51. The number of hydrogen-bond acceptors (Lipinski definition) is 2. The van der Waals surface area contributed by atoms with Crippen molar-refractivity contribution in [2.75, 3.05) is 27.3 Å². The number of carbonyl (C=O) groups excluding carboxylic acids is 1. The van der Waals surface area contributed by atoms with Gasteiger partial charge in [-0.05, 0) is 12.3 Å². The molecule has 3 nitrogen and oxygen atoms in total. The molecule has 0 aromatic carbocycles. The maximum atomic E-state index is 10.9.